The van der Waals surface area contributed by atoms with Crippen LogP contribution in [0, 0.1) is 0 Å². The minimum Gasteiger partial charge on any atom is -0.465 e. The number of ether oxygens (including phenoxy) is 2. The Morgan fingerprint density at radius 3 is 2.47 bits per heavy atom. The first kappa shape index (κ1) is 22.7. The Kier molecular flexibility index (Phi) is 6.72. The number of nitrogens with one attached hydrogen (secondary N) is 2. The molecule has 3 aromatic rings. The zero-order valence-corrected chi connectivity index (χ0v) is 18.3. The van der Waals surface area contributed by atoms with Crippen LogP contribution in [0.5, 0.6) is 0 Å². The quantitative estimate of drug-likeness (QED) is 0.566. The predicted octanol–water partition coefficient (Wildman–Crippen LogP) is 2.59. The van der Waals surface area contributed by atoms with Gasteiger partial charge in [0.15, 0.2) is 5.65 Å². The smallest absolute Gasteiger partial charge is 0.408 e. The number of alkyl carbamates (subject to hydrolysis) is 1. The molecule has 3 rings (SSSR count). The highest BCUT2D eigenvalue weighted by molar-refractivity contribution is 5.95. The van der Waals surface area contributed by atoms with Crippen LogP contribution in [0.25, 0.3) is 5.65 Å². The van der Waals surface area contributed by atoms with Crippen LogP contribution in [0.15, 0.2) is 48.7 Å². The van der Waals surface area contributed by atoms with Crippen molar-refractivity contribution in [2.75, 3.05) is 12.4 Å². The van der Waals surface area contributed by atoms with E-state index in [4.69, 9.17) is 9.47 Å². The molecule has 2 heterocycles. The van der Waals surface area contributed by atoms with E-state index in [0.29, 0.717) is 5.65 Å². The highest BCUT2D eigenvalue weighted by atomic mass is 16.6. The summed E-state index contributed by atoms with van der Waals surface area (Å²) in [6, 6.07) is 11.5. The Morgan fingerprint density at radius 1 is 1.09 bits per heavy atom. The van der Waals surface area contributed by atoms with E-state index in [2.05, 4.69) is 20.7 Å². The first-order valence-corrected chi connectivity index (χ1v) is 9.93. The average molecular weight is 439 g/mol. The van der Waals surface area contributed by atoms with Crippen LogP contribution >= 0.6 is 0 Å². The van der Waals surface area contributed by atoms with Crippen LogP contribution < -0.4 is 10.6 Å². The highest BCUT2D eigenvalue weighted by Gasteiger charge is 2.25. The minimum absolute atomic E-state index is 0.0288. The number of anilines is 1. The fourth-order valence-corrected chi connectivity index (χ4v) is 2.88. The maximum atomic E-state index is 13.0. The van der Waals surface area contributed by atoms with E-state index in [0.717, 1.165) is 5.56 Å². The molecular formula is C22H25N5O5. The second kappa shape index (κ2) is 9.46. The first-order chi connectivity index (χ1) is 15.1. The third-order valence-electron chi connectivity index (χ3n) is 4.28. The second-order valence-corrected chi connectivity index (χ2v) is 8.03. The first-order valence-electron chi connectivity index (χ1n) is 9.93. The molecule has 0 fully saturated rings. The van der Waals surface area contributed by atoms with E-state index in [1.165, 1.54) is 17.8 Å². The van der Waals surface area contributed by atoms with E-state index >= 15 is 0 Å². The van der Waals surface area contributed by atoms with Crippen molar-refractivity contribution in [3.63, 3.8) is 0 Å². The highest BCUT2D eigenvalue weighted by Crippen LogP contribution is 2.12. The fourth-order valence-electron chi connectivity index (χ4n) is 2.88. The third kappa shape index (κ3) is 6.03. The Balaban J connectivity index is 1.78. The summed E-state index contributed by atoms with van der Waals surface area (Å²) in [6.45, 7) is 5.21. The summed E-state index contributed by atoms with van der Waals surface area (Å²) >= 11 is 0. The summed E-state index contributed by atoms with van der Waals surface area (Å²) in [4.78, 5) is 41.2. The lowest BCUT2D eigenvalue weighted by atomic mass is 10.1. The number of carbonyl (C=O) groups is 3. The number of fused-ring (bicyclic) bond motifs is 1. The molecule has 2 N–H and O–H groups in total. The van der Waals surface area contributed by atoms with Gasteiger partial charge in [0.05, 0.1) is 12.7 Å². The second-order valence-electron chi connectivity index (χ2n) is 8.03. The molecule has 0 radical (unpaired) electrons. The molecule has 0 spiro atoms. The molecule has 1 unspecified atom stereocenters. The zero-order valence-electron chi connectivity index (χ0n) is 18.3. The number of methoxy groups -OCH3 is 1. The minimum atomic E-state index is -0.926. The molecule has 1 atom stereocenters. The topological polar surface area (TPSA) is 124 Å². The van der Waals surface area contributed by atoms with Crippen molar-refractivity contribution in [3.8, 4) is 0 Å². The number of amides is 2. The number of esters is 1. The standard InChI is InChI=1S/C22H25N5O5/c1-22(2,3)32-21(30)23-16(12-14-8-6-5-7-9-14)18(28)25-20-24-17-11-10-15(19(29)31-4)13-27(17)26-20/h5-11,13,16H,12H2,1-4H3,(H,23,30)(H,25,26,28). The molecule has 0 aliphatic carbocycles. The van der Waals surface area contributed by atoms with Crippen LogP contribution in [0.1, 0.15) is 36.7 Å². The van der Waals surface area contributed by atoms with Gasteiger partial charge < -0.3 is 14.8 Å². The van der Waals surface area contributed by atoms with Crippen molar-refractivity contribution in [1.82, 2.24) is 19.9 Å². The molecule has 2 aromatic heterocycles. The van der Waals surface area contributed by atoms with E-state index in [9.17, 15) is 14.4 Å². The van der Waals surface area contributed by atoms with Crippen molar-refractivity contribution in [1.29, 1.82) is 0 Å². The molecule has 0 saturated carbocycles. The molecule has 32 heavy (non-hydrogen) atoms. The van der Waals surface area contributed by atoms with Gasteiger partial charge >= 0.3 is 12.1 Å². The van der Waals surface area contributed by atoms with Gasteiger partial charge in [-0.15, -0.1) is 5.10 Å². The van der Waals surface area contributed by atoms with Gasteiger partial charge in [-0.2, -0.15) is 4.98 Å². The lowest BCUT2D eigenvalue weighted by Crippen LogP contribution is -2.47. The average Bonchev–Trinajstić information content (AvgIpc) is 3.13. The van der Waals surface area contributed by atoms with Crippen molar-refractivity contribution in [3.05, 3.63) is 59.8 Å². The van der Waals surface area contributed by atoms with Gasteiger partial charge in [0, 0.05) is 12.6 Å². The molecule has 0 saturated heterocycles. The van der Waals surface area contributed by atoms with Gasteiger partial charge in [-0.1, -0.05) is 30.3 Å². The van der Waals surface area contributed by atoms with Gasteiger partial charge in [-0.3, -0.25) is 10.1 Å². The predicted molar refractivity (Wildman–Crippen MR) is 116 cm³/mol. The number of hydrogen-bond acceptors (Lipinski definition) is 7. The van der Waals surface area contributed by atoms with E-state index < -0.39 is 29.6 Å². The Hall–Kier alpha value is -3.95. The lowest BCUT2D eigenvalue weighted by molar-refractivity contribution is -0.118. The summed E-state index contributed by atoms with van der Waals surface area (Å²) in [5.41, 5.74) is 0.858. The monoisotopic (exact) mass is 439 g/mol. The number of benzene rings is 1. The number of nitrogens with zero attached hydrogens (tertiary/aromatic N) is 3. The zero-order chi connectivity index (χ0) is 23.3. The fraction of sp³-hybridized carbons (Fsp3) is 0.318. The number of hydrogen-bond donors (Lipinski definition) is 2. The van der Waals surface area contributed by atoms with E-state index in [1.807, 2.05) is 30.3 Å². The van der Waals surface area contributed by atoms with Crippen LogP contribution in [0.3, 0.4) is 0 Å². The summed E-state index contributed by atoms with van der Waals surface area (Å²) in [6.07, 6.45) is 0.981. The van der Waals surface area contributed by atoms with E-state index in [1.54, 1.807) is 32.9 Å². The Morgan fingerprint density at radius 2 is 1.81 bits per heavy atom. The van der Waals surface area contributed by atoms with Gasteiger partial charge in [-0.05, 0) is 38.5 Å². The summed E-state index contributed by atoms with van der Waals surface area (Å²) in [5, 5.41) is 9.40. The largest absolute Gasteiger partial charge is 0.465 e. The normalized spacial score (nSPS) is 12.1. The number of rotatable bonds is 6. The summed E-state index contributed by atoms with van der Waals surface area (Å²) < 4.78 is 11.3. The van der Waals surface area contributed by atoms with Gasteiger partial charge in [0.1, 0.15) is 11.6 Å². The molecule has 2 amide bonds. The molecule has 168 valence electrons. The maximum absolute atomic E-state index is 13.0. The van der Waals surface area contributed by atoms with Crippen LogP contribution in [0.4, 0.5) is 10.7 Å². The number of aromatic nitrogens is 3. The lowest BCUT2D eigenvalue weighted by Gasteiger charge is -2.23. The molecule has 10 nitrogen and oxygen atoms in total. The van der Waals surface area contributed by atoms with Crippen LogP contribution in [-0.4, -0.2) is 51.3 Å². The van der Waals surface area contributed by atoms with Gasteiger partial charge in [-0.25, -0.2) is 14.1 Å². The third-order valence-corrected chi connectivity index (χ3v) is 4.28. The summed E-state index contributed by atoms with van der Waals surface area (Å²) in [5.74, 6) is -0.998. The molecule has 0 aliphatic rings. The molecule has 0 bridgehead atoms. The van der Waals surface area contributed by atoms with Crippen molar-refractivity contribution in [2.24, 2.45) is 0 Å². The van der Waals surface area contributed by atoms with Gasteiger partial charge in [0.25, 0.3) is 0 Å². The molecular weight excluding hydrogens is 414 g/mol. The van der Waals surface area contributed by atoms with Crippen LogP contribution in [-0.2, 0) is 20.7 Å². The van der Waals surface area contributed by atoms with Crippen molar-refractivity contribution in [2.45, 2.75) is 38.8 Å². The molecule has 0 aliphatic heterocycles. The number of carbonyl (C=O) groups excluding carboxylic acids is 3. The molecule has 10 heteroatoms. The maximum Gasteiger partial charge on any atom is 0.408 e. The Labute approximate surface area is 184 Å². The van der Waals surface area contributed by atoms with Crippen molar-refractivity contribution < 1.29 is 23.9 Å². The van der Waals surface area contributed by atoms with Crippen LogP contribution in [0.2, 0.25) is 0 Å². The molecule has 1 aromatic carbocycles. The van der Waals surface area contributed by atoms with Gasteiger partial charge in [0.2, 0.25) is 11.9 Å². The van der Waals surface area contributed by atoms with E-state index in [-0.39, 0.29) is 17.9 Å². The SMILES string of the molecule is COC(=O)c1ccc2nc(NC(=O)C(Cc3ccccc3)NC(=O)OC(C)(C)C)nn2c1. The number of pyridine rings is 1. The Bertz CT molecular complexity index is 1120. The summed E-state index contributed by atoms with van der Waals surface area (Å²) in [7, 11) is 1.28. The van der Waals surface area contributed by atoms with Crippen molar-refractivity contribution >= 4 is 29.6 Å².